The number of carbonyl (C=O) groups is 2. The van der Waals surface area contributed by atoms with E-state index >= 15 is 0 Å². The summed E-state index contributed by atoms with van der Waals surface area (Å²) in [6.07, 6.45) is 0.739. The number of fused-ring (bicyclic) bond motifs is 1. The lowest BCUT2D eigenvalue weighted by Gasteiger charge is -2.29. The average Bonchev–Trinajstić information content (AvgIpc) is 3.18. The van der Waals surface area contributed by atoms with E-state index in [1.165, 1.54) is 30.7 Å². The second kappa shape index (κ2) is 9.11. The van der Waals surface area contributed by atoms with Crippen LogP contribution in [0.3, 0.4) is 0 Å². The summed E-state index contributed by atoms with van der Waals surface area (Å²) in [5.41, 5.74) is 3.88. The number of aryl methyl sites for hydroxylation is 1. The number of carbonyl (C=O) groups excluding carboxylic acids is 1. The summed E-state index contributed by atoms with van der Waals surface area (Å²) in [7, 11) is 0. The number of aliphatic carboxylic acids is 1. The Labute approximate surface area is 210 Å². The zero-order valence-corrected chi connectivity index (χ0v) is 22.0. The minimum atomic E-state index is -1.33. The van der Waals surface area contributed by atoms with Crippen LogP contribution in [0.2, 0.25) is 0 Å². The van der Waals surface area contributed by atoms with Crippen molar-refractivity contribution in [3.05, 3.63) is 69.7 Å². The van der Waals surface area contributed by atoms with Crippen LogP contribution >= 0.6 is 11.3 Å². The molecule has 0 saturated heterocycles. The molecule has 2 heterocycles. The van der Waals surface area contributed by atoms with Gasteiger partial charge in [-0.15, -0.1) is 11.3 Å². The molecule has 0 unspecified atom stereocenters. The molecule has 0 aliphatic carbocycles. The number of hydrogen-bond acceptors (Lipinski definition) is 5. The molecule has 0 radical (unpaired) electrons. The third-order valence-corrected chi connectivity index (χ3v) is 7.55. The summed E-state index contributed by atoms with van der Waals surface area (Å²) in [5, 5.41) is 10.2. The van der Waals surface area contributed by atoms with E-state index in [1.54, 1.807) is 6.07 Å². The van der Waals surface area contributed by atoms with Crippen LogP contribution in [-0.2, 0) is 23.2 Å². The Morgan fingerprint density at radius 1 is 1.03 bits per heavy atom. The van der Waals surface area contributed by atoms with Crippen LogP contribution in [-0.4, -0.2) is 39.0 Å². The standard InChI is InChI=1S/C28H32N2O4S/c1-17-23(35-24(29-17)19-7-10-21(11-8-19)27(2,3)4)25(31)30-14-13-18-9-12-22(15-20(18)16-30)34-28(5,6)26(32)33/h7-12,15H,13-14,16H2,1-6H3,(H,32,33). The molecular weight excluding hydrogens is 460 g/mol. The van der Waals surface area contributed by atoms with Gasteiger partial charge in [-0.25, -0.2) is 9.78 Å². The summed E-state index contributed by atoms with van der Waals surface area (Å²) >= 11 is 1.43. The highest BCUT2D eigenvalue weighted by Crippen LogP contribution is 2.33. The quantitative estimate of drug-likeness (QED) is 0.483. The lowest BCUT2D eigenvalue weighted by molar-refractivity contribution is -0.152. The molecule has 0 atom stereocenters. The Morgan fingerprint density at radius 3 is 2.34 bits per heavy atom. The van der Waals surface area contributed by atoms with Crippen LogP contribution in [0.15, 0.2) is 42.5 Å². The van der Waals surface area contributed by atoms with E-state index in [0.717, 1.165) is 33.8 Å². The fraction of sp³-hybridized carbons (Fsp3) is 0.393. The maximum atomic E-state index is 13.5. The summed E-state index contributed by atoms with van der Waals surface area (Å²) in [5.74, 6) is -0.572. The zero-order valence-electron chi connectivity index (χ0n) is 21.1. The number of carboxylic acid groups (broad SMARTS) is 1. The molecule has 6 nitrogen and oxygen atoms in total. The number of hydrogen-bond donors (Lipinski definition) is 1. The molecule has 0 spiro atoms. The number of amides is 1. The van der Waals surface area contributed by atoms with Crippen molar-refractivity contribution >= 4 is 23.2 Å². The highest BCUT2D eigenvalue weighted by Gasteiger charge is 2.30. The van der Waals surface area contributed by atoms with E-state index < -0.39 is 11.6 Å². The van der Waals surface area contributed by atoms with Crippen LogP contribution in [0.1, 0.15) is 66.7 Å². The molecule has 35 heavy (non-hydrogen) atoms. The molecule has 184 valence electrons. The maximum absolute atomic E-state index is 13.5. The molecule has 1 N–H and O–H groups in total. The summed E-state index contributed by atoms with van der Waals surface area (Å²) < 4.78 is 5.70. The SMILES string of the molecule is Cc1nc(-c2ccc(C(C)(C)C)cc2)sc1C(=O)N1CCc2ccc(OC(C)(C)C(=O)O)cc2C1. The van der Waals surface area contributed by atoms with Crippen molar-refractivity contribution in [2.75, 3.05) is 6.54 Å². The molecule has 1 aromatic heterocycles. The molecule has 1 aliphatic heterocycles. The predicted molar refractivity (Wildman–Crippen MR) is 138 cm³/mol. The van der Waals surface area contributed by atoms with Crippen molar-refractivity contribution < 1.29 is 19.4 Å². The van der Waals surface area contributed by atoms with E-state index in [2.05, 4.69) is 45.0 Å². The number of carboxylic acids is 1. The Balaban J connectivity index is 1.53. The van der Waals surface area contributed by atoms with Crippen LogP contribution in [0, 0.1) is 6.92 Å². The summed E-state index contributed by atoms with van der Waals surface area (Å²) in [4.78, 5) is 32.1. The van der Waals surface area contributed by atoms with E-state index in [9.17, 15) is 14.7 Å². The minimum absolute atomic E-state index is 0.0274. The number of benzene rings is 2. The van der Waals surface area contributed by atoms with Gasteiger partial charge in [0.2, 0.25) is 0 Å². The van der Waals surface area contributed by atoms with Crippen LogP contribution < -0.4 is 4.74 Å². The molecule has 3 aromatic rings. The van der Waals surface area contributed by atoms with Crippen molar-refractivity contribution in [2.24, 2.45) is 0 Å². The first-order valence-corrected chi connectivity index (χ1v) is 12.6. The first-order valence-electron chi connectivity index (χ1n) is 11.8. The van der Waals surface area contributed by atoms with Gasteiger partial charge >= 0.3 is 5.97 Å². The second-order valence-corrected chi connectivity index (χ2v) is 11.6. The van der Waals surface area contributed by atoms with Crippen molar-refractivity contribution in [2.45, 2.75) is 65.5 Å². The largest absolute Gasteiger partial charge is 0.478 e. The first-order chi connectivity index (χ1) is 16.3. The summed E-state index contributed by atoms with van der Waals surface area (Å²) in [6, 6.07) is 14.0. The van der Waals surface area contributed by atoms with Crippen LogP contribution in [0.25, 0.3) is 10.6 Å². The summed E-state index contributed by atoms with van der Waals surface area (Å²) in [6.45, 7) is 12.6. The molecule has 2 aromatic carbocycles. The number of rotatable bonds is 5. The molecule has 1 aliphatic rings. The predicted octanol–water partition coefficient (Wildman–Crippen LogP) is 5.86. The van der Waals surface area contributed by atoms with Gasteiger partial charge in [0.05, 0.1) is 5.69 Å². The van der Waals surface area contributed by atoms with Gasteiger partial charge in [-0.05, 0) is 61.4 Å². The molecule has 1 amide bonds. The van der Waals surface area contributed by atoms with Gasteiger partial charge in [-0.1, -0.05) is 51.1 Å². The van der Waals surface area contributed by atoms with E-state index in [1.807, 2.05) is 24.0 Å². The lowest BCUT2D eigenvalue weighted by atomic mass is 9.87. The van der Waals surface area contributed by atoms with Gasteiger partial charge in [0.15, 0.2) is 5.60 Å². The first kappa shape index (κ1) is 24.9. The zero-order chi connectivity index (χ0) is 25.5. The van der Waals surface area contributed by atoms with Gasteiger partial charge in [0.1, 0.15) is 15.6 Å². The smallest absolute Gasteiger partial charge is 0.347 e. The molecular formula is C28H32N2O4S. The average molecular weight is 493 g/mol. The number of aromatic nitrogens is 1. The van der Waals surface area contributed by atoms with E-state index in [4.69, 9.17) is 9.72 Å². The molecule has 0 fully saturated rings. The molecule has 0 saturated carbocycles. The third-order valence-electron chi connectivity index (χ3n) is 6.35. The Kier molecular flexibility index (Phi) is 6.49. The fourth-order valence-corrected chi connectivity index (χ4v) is 5.12. The number of ether oxygens (including phenoxy) is 1. The lowest BCUT2D eigenvalue weighted by Crippen LogP contribution is -2.38. The van der Waals surface area contributed by atoms with Gasteiger partial charge in [0.25, 0.3) is 5.91 Å². The Hall–Kier alpha value is -3.19. The molecule has 0 bridgehead atoms. The van der Waals surface area contributed by atoms with Gasteiger partial charge < -0.3 is 14.7 Å². The van der Waals surface area contributed by atoms with Crippen molar-refractivity contribution in [1.29, 1.82) is 0 Å². The van der Waals surface area contributed by atoms with Gasteiger partial charge in [0, 0.05) is 18.7 Å². The van der Waals surface area contributed by atoms with Crippen molar-refractivity contribution in [1.82, 2.24) is 9.88 Å². The Morgan fingerprint density at radius 2 is 1.71 bits per heavy atom. The maximum Gasteiger partial charge on any atom is 0.347 e. The number of nitrogens with zero attached hydrogens (tertiary/aromatic N) is 2. The second-order valence-electron chi connectivity index (χ2n) is 10.6. The number of thiazole rings is 1. The monoisotopic (exact) mass is 492 g/mol. The van der Waals surface area contributed by atoms with E-state index in [0.29, 0.717) is 23.7 Å². The highest BCUT2D eigenvalue weighted by atomic mass is 32.1. The minimum Gasteiger partial charge on any atom is -0.478 e. The molecule has 7 heteroatoms. The van der Waals surface area contributed by atoms with Crippen LogP contribution in [0.5, 0.6) is 5.75 Å². The third kappa shape index (κ3) is 5.25. The molecule has 4 rings (SSSR count). The van der Waals surface area contributed by atoms with Crippen molar-refractivity contribution in [3.63, 3.8) is 0 Å². The highest BCUT2D eigenvalue weighted by molar-refractivity contribution is 7.17. The Bertz CT molecular complexity index is 1270. The van der Waals surface area contributed by atoms with Crippen molar-refractivity contribution in [3.8, 4) is 16.3 Å². The van der Waals surface area contributed by atoms with E-state index in [-0.39, 0.29) is 11.3 Å². The van der Waals surface area contributed by atoms with Gasteiger partial charge in [-0.3, -0.25) is 4.79 Å². The fourth-order valence-electron chi connectivity index (χ4n) is 4.08. The normalized spacial score (nSPS) is 13.9. The van der Waals surface area contributed by atoms with Crippen LogP contribution in [0.4, 0.5) is 0 Å². The topological polar surface area (TPSA) is 79.7 Å². The van der Waals surface area contributed by atoms with Gasteiger partial charge in [-0.2, -0.15) is 0 Å².